The second-order valence-electron chi connectivity index (χ2n) is 5.79. The zero-order chi connectivity index (χ0) is 13.5. The van der Waals surface area contributed by atoms with Gasteiger partial charge in [-0.25, -0.2) is 0 Å². The van der Waals surface area contributed by atoms with Crippen LogP contribution in [0.4, 0.5) is 0 Å². The fraction of sp³-hybridized carbons (Fsp3) is 0.600. The lowest BCUT2D eigenvalue weighted by Crippen LogP contribution is -2.48. The van der Waals surface area contributed by atoms with Gasteiger partial charge in [-0.1, -0.05) is 29.3 Å². The summed E-state index contributed by atoms with van der Waals surface area (Å²) in [6.07, 6.45) is 3.62. The molecule has 2 aliphatic rings. The van der Waals surface area contributed by atoms with E-state index in [9.17, 15) is 0 Å². The van der Waals surface area contributed by atoms with Crippen molar-refractivity contribution >= 4 is 23.2 Å². The van der Waals surface area contributed by atoms with Gasteiger partial charge in [-0.3, -0.25) is 0 Å². The molecule has 0 unspecified atom stereocenters. The molecule has 3 rings (SSSR count). The molecule has 1 aliphatic heterocycles. The summed E-state index contributed by atoms with van der Waals surface area (Å²) >= 11 is 12.3. The summed E-state index contributed by atoms with van der Waals surface area (Å²) in [4.78, 5) is 0. The van der Waals surface area contributed by atoms with Crippen LogP contribution in [0.3, 0.4) is 0 Å². The summed E-state index contributed by atoms with van der Waals surface area (Å²) in [5.41, 5.74) is 1.54. The molecule has 2 nitrogen and oxygen atoms in total. The number of benzene rings is 1. The van der Waals surface area contributed by atoms with Crippen molar-refractivity contribution in [3.63, 3.8) is 0 Å². The van der Waals surface area contributed by atoms with Crippen LogP contribution in [0, 0.1) is 5.92 Å². The van der Waals surface area contributed by atoms with Gasteiger partial charge in [-0.2, -0.15) is 0 Å². The van der Waals surface area contributed by atoms with Gasteiger partial charge in [0, 0.05) is 31.0 Å². The van der Waals surface area contributed by atoms with Gasteiger partial charge >= 0.3 is 0 Å². The molecule has 0 aromatic heterocycles. The lowest BCUT2D eigenvalue weighted by molar-refractivity contribution is 0.0889. The van der Waals surface area contributed by atoms with E-state index in [0.29, 0.717) is 22.0 Å². The van der Waals surface area contributed by atoms with Crippen molar-refractivity contribution in [3.8, 4) is 0 Å². The quantitative estimate of drug-likeness (QED) is 0.920. The highest BCUT2D eigenvalue weighted by Gasteiger charge is 2.49. The molecule has 2 bridgehead atoms. The number of rotatable bonds is 3. The first-order chi connectivity index (χ1) is 9.15. The number of hydrogen-bond donors (Lipinski definition) is 1. The average Bonchev–Trinajstić information content (AvgIpc) is 2.76. The van der Waals surface area contributed by atoms with Crippen molar-refractivity contribution in [2.45, 2.75) is 30.7 Å². The van der Waals surface area contributed by atoms with Crippen molar-refractivity contribution < 1.29 is 4.74 Å². The van der Waals surface area contributed by atoms with E-state index in [1.807, 2.05) is 6.07 Å². The molecule has 1 saturated heterocycles. The Hall–Kier alpha value is -0.280. The van der Waals surface area contributed by atoms with Crippen LogP contribution in [0.5, 0.6) is 0 Å². The number of ether oxygens (including phenoxy) is 1. The van der Waals surface area contributed by atoms with Crippen LogP contribution in [0.15, 0.2) is 18.2 Å². The Kier molecular flexibility index (Phi) is 3.78. The maximum atomic E-state index is 6.21. The van der Waals surface area contributed by atoms with E-state index in [1.54, 1.807) is 7.11 Å². The summed E-state index contributed by atoms with van der Waals surface area (Å²) in [6, 6.07) is 6.76. The molecule has 4 heteroatoms. The van der Waals surface area contributed by atoms with E-state index in [-0.39, 0.29) is 5.41 Å². The maximum absolute atomic E-state index is 6.21. The number of piperidine rings is 1. The predicted octanol–water partition coefficient (Wildman–Crippen LogP) is 3.65. The second kappa shape index (κ2) is 5.25. The van der Waals surface area contributed by atoms with E-state index < -0.39 is 0 Å². The average molecular weight is 300 g/mol. The number of halogens is 2. The highest BCUT2D eigenvalue weighted by molar-refractivity contribution is 6.42. The third-order valence-corrected chi connectivity index (χ3v) is 5.59. The normalized spacial score (nSPS) is 33.6. The molecule has 0 radical (unpaired) electrons. The SMILES string of the molecule is COC[C@@H]1CN[C@@H]2CC[C@@]1(c1ccc(Cl)c(Cl)c1)C2. The largest absolute Gasteiger partial charge is 0.384 e. The van der Waals surface area contributed by atoms with Gasteiger partial charge < -0.3 is 10.1 Å². The van der Waals surface area contributed by atoms with Crippen LogP contribution >= 0.6 is 23.2 Å². The van der Waals surface area contributed by atoms with Crippen LogP contribution in [-0.2, 0) is 10.2 Å². The van der Waals surface area contributed by atoms with E-state index in [0.717, 1.165) is 13.2 Å². The van der Waals surface area contributed by atoms with Gasteiger partial charge in [0.15, 0.2) is 0 Å². The predicted molar refractivity (Wildman–Crippen MR) is 79.1 cm³/mol. The van der Waals surface area contributed by atoms with Gasteiger partial charge in [-0.05, 0) is 37.0 Å². The summed E-state index contributed by atoms with van der Waals surface area (Å²) in [6.45, 7) is 1.82. The number of fused-ring (bicyclic) bond motifs is 2. The topological polar surface area (TPSA) is 21.3 Å². The molecule has 1 heterocycles. The lowest BCUT2D eigenvalue weighted by atomic mass is 9.67. The van der Waals surface area contributed by atoms with Crippen LogP contribution in [0.2, 0.25) is 10.0 Å². The highest BCUT2D eigenvalue weighted by Crippen LogP contribution is 2.50. The van der Waals surface area contributed by atoms with Gasteiger partial charge in [0.1, 0.15) is 0 Å². The molecule has 1 N–H and O–H groups in total. The van der Waals surface area contributed by atoms with Crippen molar-refractivity contribution in [1.82, 2.24) is 5.32 Å². The first kappa shape index (κ1) is 13.7. The minimum Gasteiger partial charge on any atom is -0.384 e. The Morgan fingerprint density at radius 2 is 2.21 bits per heavy atom. The summed E-state index contributed by atoms with van der Waals surface area (Å²) < 4.78 is 5.43. The molecular formula is C15H19Cl2NO. The molecule has 19 heavy (non-hydrogen) atoms. The molecule has 3 atom stereocenters. The third kappa shape index (κ3) is 2.29. The molecule has 0 spiro atoms. The Labute approximate surface area is 124 Å². The third-order valence-electron chi connectivity index (χ3n) is 4.85. The smallest absolute Gasteiger partial charge is 0.0595 e. The van der Waals surface area contributed by atoms with Crippen molar-refractivity contribution in [2.24, 2.45) is 5.92 Å². The monoisotopic (exact) mass is 299 g/mol. The Morgan fingerprint density at radius 3 is 2.95 bits per heavy atom. The van der Waals surface area contributed by atoms with Crippen molar-refractivity contribution in [3.05, 3.63) is 33.8 Å². The van der Waals surface area contributed by atoms with Crippen LogP contribution in [0.1, 0.15) is 24.8 Å². The van der Waals surface area contributed by atoms with Gasteiger partial charge in [0.05, 0.1) is 16.7 Å². The Morgan fingerprint density at radius 1 is 1.37 bits per heavy atom. The zero-order valence-electron chi connectivity index (χ0n) is 11.1. The fourth-order valence-corrected chi connectivity index (χ4v) is 4.15. The molecular weight excluding hydrogens is 281 g/mol. The summed E-state index contributed by atoms with van der Waals surface area (Å²) in [5.74, 6) is 0.508. The minimum atomic E-state index is 0.208. The van der Waals surface area contributed by atoms with Gasteiger partial charge in [-0.15, -0.1) is 0 Å². The van der Waals surface area contributed by atoms with Crippen LogP contribution in [-0.4, -0.2) is 26.3 Å². The number of nitrogens with one attached hydrogen (secondary N) is 1. The Bertz CT molecular complexity index is 479. The highest BCUT2D eigenvalue weighted by atomic mass is 35.5. The fourth-order valence-electron chi connectivity index (χ4n) is 3.85. The first-order valence-corrected chi connectivity index (χ1v) is 7.59. The number of methoxy groups -OCH3 is 1. The maximum Gasteiger partial charge on any atom is 0.0595 e. The van der Waals surface area contributed by atoms with Crippen LogP contribution in [0.25, 0.3) is 0 Å². The minimum absolute atomic E-state index is 0.208. The molecule has 1 aromatic carbocycles. The van der Waals surface area contributed by atoms with Crippen LogP contribution < -0.4 is 5.32 Å². The molecule has 1 saturated carbocycles. The van der Waals surface area contributed by atoms with E-state index in [2.05, 4.69) is 17.4 Å². The molecule has 1 aromatic rings. The lowest BCUT2D eigenvalue weighted by Gasteiger charge is -2.42. The van der Waals surface area contributed by atoms with E-state index in [1.165, 1.54) is 24.8 Å². The molecule has 0 amide bonds. The molecule has 1 aliphatic carbocycles. The van der Waals surface area contributed by atoms with Crippen molar-refractivity contribution in [1.29, 1.82) is 0 Å². The standard InChI is InChI=1S/C15H19Cl2NO/c1-19-9-11-8-18-12-4-5-15(11,7-12)10-2-3-13(16)14(17)6-10/h2-3,6,11-12,18H,4-5,7-9H2,1H3/t11-,12+,15-/m0/s1. The van der Waals surface area contributed by atoms with Gasteiger partial charge in [0.2, 0.25) is 0 Å². The Balaban J connectivity index is 2.00. The summed E-state index contributed by atoms with van der Waals surface area (Å²) in [5, 5.41) is 4.92. The van der Waals surface area contributed by atoms with E-state index >= 15 is 0 Å². The molecule has 104 valence electrons. The number of hydrogen-bond acceptors (Lipinski definition) is 2. The molecule has 2 fully saturated rings. The van der Waals surface area contributed by atoms with E-state index in [4.69, 9.17) is 27.9 Å². The van der Waals surface area contributed by atoms with Crippen molar-refractivity contribution in [2.75, 3.05) is 20.3 Å². The second-order valence-corrected chi connectivity index (χ2v) is 6.60. The first-order valence-electron chi connectivity index (χ1n) is 6.83. The van der Waals surface area contributed by atoms with Gasteiger partial charge in [0.25, 0.3) is 0 Å². The zero-order valence-corrected chi connectivity index (χ0v) is 12.6. The summed E-state index contributed by atoms with van der Waals surface area (Å²) in [7, 11) is 1.78.